The number of hydrogen-bond acceptors (Lipinski definition) is 4. The average molecular weight is 391 g/mol. The summed E-state index contributed by atoms with van der Waals surface area (Å²) in [6.07, 6.45) is 6.88. The average Bonchev–Trinajstić information content (AvgIpc) is 3.16. The maximum atomic E-state index is 13.3. The zero-order valence-electron chi connectivity index (χ0n) is 16.4. The maximum Gasteiger partial charge on any atom is 0.280 e. The molecule has 0 saturated heterocycles. The molecule has 4 aromatic rings. The van der Waals surface area contributed by atoms with Gasteiger partial charge in [-0.2, -0.15) is 5.10 Å². The molecule has 3 heterocycles. The first-order valence-electron chi connectivity index (χ1n) is 10.1. The number of pyridine rings is 1. The fourth-order valence-corrected chi connectivity index (χ4v) is 4.55. The van der Waals surface area contributed by atoms with Crippen LogP contribution < -0.4 is 5.56 Å². The molecule has 0 radical (unpaired) electrons. The molecule has 3 atom stereocenters. The topological polar surface area (TPSA) is 65.1 Å². The van der Waals surface area contributed by atoms with Crippen LogP contribution in [0.15, 0.2) is 47.5 Å². The highest BCUT2D eigenvalue weighted by Crippen LogP contribution is 2.37. The summed E-state index contributed by atoms with van der Waals surface area (Å²) < 4.78 is 16.7. The Labute approximate surface area is 167 Å². The van der Waals surface area contributed by atoms with E-state index in [0.717, 1.165) is 24.0 Å². The van der Waals surface area contributed by atoms with Crippen molar-refractivity contribution in [3.8, 4) is 11.1 Å². The third-order valence-corrected chi connectivity index (χ3v) is 6.47. The number of benzene rings is 1. The minimum Gasteiger partial charge on any atom is -0.310 e. The van der Waals surface area contributed by atoms with Crippen LogP contribution in [0.1, 0.15) is 39.2 Å². The number of nitrogens with zero attached hydrogens (tertiary/aromatic N) is 5. The summed E-state index contributed by atoms with van der Waals surface area (Å²) in [6.45, 7) is 4.48. The van der Waals surface area contributed by atoms with Crippen LogP contribution in [0.25, 0.3) is 27.8 Å². The standard InChI is InChI=1S/C22H22FN5O/c1-13-4-3-5-18(14(13)2)27-11-10-19-20(22(27)29)25-26-21-17(12-24-28(19)21)15-6-8-16(23)9-7-15/h6-14,18H,3-5H2,1-2H3/t13-,14+,18-/m1/s1. The normalized spacial score (nSPS) is 22.4. The van der Waals surface area contributed by atoms with Gasteiger partial charge in [0.2, 0.25) is 0 Å². The fraction of sp³-hybridized carbons (Fsp3) is 0.364. The van der Waals surface area contributed by atoms with E-state index in [4.69, 9.17) is 0 Å². The Bertz CT molecular complexity index is 1260. The fourth-order valence-electron chi connectivity index (χ4n) is 4.55. The van der Waals surface area contributed by atoms with Gasteiger partial charge in [-0.25, -0.2) is 8.91 Å². The first kappa shape index (κ1) is 18.0. The van der Waals surface area contributed by atoms with Crippen LogP contribution >= 0.6 is 0 Å². The Morgan fingerprint density at radius 3 is 2.66 bits per heavy atom. The summed E-state index contributed by atoms with van der Waals surface area (Å²) in [5.41, 5.74) is 2.91. The number of aromatic nitrogens is 5. The predicted molar refractivity (Wildman–Crippen MR) is 109 cm³/mol. The van der Waals surface area contributed by atoms with Gasteiger partial charge in [-0.1, -0.05) is 38.8 Å². The van der Waals surface area contributed by atoms with E-state index in [0.29, 0.717) is 28.5 Å². The van der Waals surface area contributed by atoms with Crippen LogP contribution in [0.4, 0.5) is 4.39 Å². The van der Waals surface area contributed by atoms with Crippen molar-refractivity contribution >= 4 is 16.7 Å². The lowest BCUT2D eigenvalue weighted by atomic mass is 9.78. The molecular weight excluding hydrogens is 369 g/mol. The largest absolute Gasteiger partial charge is 0.310 e. The minimum atomic E-state index is -0.298. The molecule has 0 amide bonds. The summed E-state index contributed by atoms with van der Waals surface area (Å²) in [7, 11) is 0. The second kappa shape index (κ2) is 6.76. The van der Waals surface area contributed by atoms with Crippen LogP contribution in [0.3, 0.4) is 0 Å². The van der Waals surface area contributed by atoms with Gasteiger partial charge in [0.05, 0.1) is 6.20 Å². The Balaban J connectivity index is 1.65. The van der Waals surface area contributed by atoms with E-state index in [1.54, 1.807) is 22.8 Å². The van der Waals surface area contributed by atoms with Gasteiger partial charge in [0.15, 0.2) is 11.2 Å². The molecule has 0 unspecified atom stereocenters. The molecule has 6 nitrogen and oxygen atoms in total. The van der Waals surface area contributed by atoms with Crippen molar-refractivity contribution in [3.63, 3.8) is 0 Å². The zero-order valence-corrected chi connectivity index (χ0v) is 16.4. The molecule has 3 aromatic heterocycles. The Kier molecular flexibility index (Phi) is 4.19. The highest BCUT2D eigenvalue weighted by atomic mass is 19.1. The van der Waals surface area contributed by atoms with Crippen molar-refractivity contribution in [2.24, 2.45) is 11.8 Å². The summed E-state index contributed by atoms with van der Waals surface area (Å²) in [5, 5.41) is 13.0. The summed E-state index contributed by atoms with van der Waals surface area (Å²) >= 11 is 0. The first-order chi connectivity index (χ1) is 14.0. The highest BCUT2D eigenvalue weighted by molar-refractivity contribution is 5.82. The number of halogens is 1. The van der Waals surface area contributed by atoms with Crippen LogP contribution in [-0.4, -0.2) is 24.4 Å². The molecule has 0 bridgehead atoms. The van der Waals surface area contributed by atoms with Crippen LogP contribution in [0.2, 0.25) is 0 Å². The number of hydrogen-bond donors (Lipinski definition) is 0. The molecular formula is C22H22FN5O. The van der Waals surface area contributed by atoms with Gasteiger partial charge in [0, 0.05) is 17.8 Å². The van der Waals surface area contributed by atoms with Gasteiger partial charge in [0.25, 0.3) is 5.56 Å². The molecule has 7 heteroatoms. The van der Waals surface area contributed by atoms with Gasteiger partial charge < -0.3 is 4.57 Å². The molecule has 5 rings (SSSR count). The van der Waals surface area contributed by atoms with Gasteiger partial charge >= 0.3 is 0 Å². The van der Waals surface area contributed by atoms with Crippen molar-refractivity contribution < 1.29 is 4.39 Å². The van der Waals surface area contributed by atoms with Crippen molar-refractivity contribution in [2.45, 2.75) is 39.2 Å². The third kappa shape index (κ3) is 2.84. The second-order valence-electron chi connectivity index (χ2n) is 8.10. The first-order valence-corrected chi connectivity index (χ1v) is 10.1. The zero-order chi connectivity index (χ0) is 20.1. The van der Waals surface area contributed by atoms with E-state index in [1.165, 1.54) is 18.6 Å². The number of fused-ring (bicyclic) bond motifs is 3. The van der Waals surface area contributed by atoms with E-state index in [2.05, 4.69) is 29.1 Å². The third-order valence-electron chi connectivity index (χ3n) is 6.47. The Hall–Kier alpha value is -3.09. The monoisotopic (exact) mass is 391 g/mol. The molecule has 1 aliphatic rings. The number of rotatable bonds is 2. The lowest BCUT2D eigenvalue weighted by Crippen LogP contribution is -2.34. The van der Waals surface area contributed by atoms with E-state index >= 15 is 0 Å². The lowest BCUT2D eigenvalue weighted by molar-refractivity contribution is 0.183. The molecule has 1 aliphatic carbocycles. The molecule has 0 N–H and O–H groups in total. The van der Waals surface area contributed by atoms with E-state index in [-0.39, 0.29) is 17.4 Å². The molecule has 0 aliphatic heterocycles. The van der Waals surface area contributed by atoms with Crippen molar-refractivity contribution in [1.29, 1.82) is 0 Å². The van der Waals surface area contributed by atoms with E-state index in [9.17, 15) is 9.18 Å². The predicted octanol–water partition coefficient (Wildman–Crippen LogP) is 4.24. The van der Waals surface area contributed by atoms with Gasteiger partial charge in [0.1, 0.15) is 11.3 Å². The quantitative estimate of drug-likeness (QED) is 0.513. The van der Waals surface area contributed by atoms with E-state index in [1.807, 2.05) is 16.8 Å². The van der Waals surface area contributed by atoms with Crippen molar-refractivity contribution in [3.05, 3.63) is 58.9 Å². The molecule has 29 heavy (non-hydrogen) atoms. The minimum absolute atomic E-state index is 0.123. The Morgan fingerprint density at radius 1 is 1.07 bits per heavy atom. The molecule has 1 aromatic carbocycles. The second-order valence-corrected chi connectivity index (χ2v) is 8.10. The molecule has 1 fully saturated rings. The van der Waals surface area contributed by atoms with Crippen LogP contribution in [0, 0.1) is 17.7 Å². The van der Waals surface area contributed by atoms with Gasteiger partial charge in [-0.05, 0) is 42.0 Å². The van der Waals surface area contributed by atoms with Crippen LogP contribution in [-0.2, 0) is 0 Å². The lowest BCUT2D eigenvalue weighted by Gasteiger charge is -2.35. The Morgan fingerprint density at radius 2 is 1.86 bits per heavy atom. The maximum absolute atomic E-state index is 13.3. The summed E-state index contributed by atoms with van der Waals surface area (Å²) in [6, 6.07) is 8.24. The smallest absolute Gasteiger partial charge is 0.280 e. The van der Waals surface area contributed by atoms with E-state index < -0.39 is 0 Å². The highest BCUT2D eigenvalue weighted by Gasteiger charge is 2.29. The molecule has 0 spiro atoms. The van der Waals surface area contributed by atoms with Gasteiger partial charge in [-0.15, -0.1) is 10.2 Å². The molecule has 148 valence electrons. The van der Waals surface area contributed by atoms with Crippen molar-refractivity contribution in [1.82, 2.24) is 24.4 Å². The molecule has 1 saturated carbocycles. The van der Waals surface area contributed by atoms with Gasteiger partial charge in [-0.3, -0.25) is 4.79 Å². The summed E-state index contributed by atoms with van der Waals surface area (Å²) in [5.74, 6) is 0.730. The van der Waals surface area contributed by atoms with Crippen LogP contribution in [0.5, 0.6) is 0 Å². The SMILES string of the molecule is C[C@H]1[C@H](C)CCC[C@H]1n1ccc2c(nnc3c(-c4ccc(F)cc4)cnn32)c1=O. The summed E-state index contributed by atoms with van der Waals surface area (Å²) in [4.78, 5) is 13.2. The van der Waals surface area contributed by atoms with Crippen molar-refractivity contribution in [2.75, 3.05) is 0 Å².